The summed E-state index contributed by atoms with van der Waals surface area (Å²) in [4.78, 5) is 42.3. The van der Waals surface area contributed by atoms with Crippen LogP contribution >= 0.6 is 0 Å². The molecule has 0 aromatic heterocycles. The summed E-state index contributed by atoms with van der Waals surface area (Å²) in [6.45, 7) is 4.46. The van der Waals surface area contributed by atoms with Crippen LogP contribution in [0.3, 0.4) is 0 Å². The van der Waals surface area contributed by atoms with Crippen molar-refractivity contribution < 1.29 is 19.3 Å². The van der Waals surface area contributed by atoms with E-state index in [1.165, 1.54) is 4.90 Å². The molecule has 1 N–H and O–H groups in total. The molecule has 6 nitrogen and oxygen atoms in total. The zero-order chi connectivity index (χ0) is 19.7. The van der Waals surface area contributed by atoms with Crippen LogP contribution in [-0.2, 0) is 9.59 Å². The standard InChI is InChI=1S/C22H23N3O3/c1-16-6-5-9-18(14-16)25-20(26)15-19(22(25)28)23-10-12-24(13-11-23)21(27)17-7-3-2-4-8-17/h2-9,14,19H,10-13,15H2,1H3/p+1/t19-/m1/s1. The minimum Gasteiger partial charge on any atom is -0.327 e. The van der Waals surface area contributed by atoms with Gasteiger partial charge in [0.1, 0.15) is 0 Å². The van der Waals surface area contributed by atoms with E-state index < -0.39 is 0 Å². The molecule has 2 aliphatic rings. The molecule has 4 rings (SSSR count). The molecular weight excluding hydrogens is 354 g/mol. The van der Waals surface area contributed by atoms with Crippen molar-refractivity contribution in [2.75, 3.05) is 31.1 Å². The van der Waals surface area contributed by atoms with Crippen LogP contribution in [0.5, 0.6) is 0 Å². The fourth-order valence-electron chi connectivity index (χ4n) is 4.10. The summed E-state index contributed by atoms with van der Waals surface area (Å²) in [6.07, 6.45) is 0.231. The molecule has 2 aromatic carbocycles. The highest BCUT2D eigenvalue weighted by atomic mass is 16.2. The smallest absolute Gasteiger partial charge is 0.292 e. The number of quaternary nitrogens is 1. The largest absolute Gasteiger partial charge is 0.327 e. The highest BCUT2D eigenvalue weighted by Gasteiger charge is 2.46. The SMILES string of the molecule is Cc1cccc(N2C(=O)C[C@@H]([NH+]3CCN(C(=O)c4ccccc4)CC3)C2=O)c1. The van der Waals surface area contributed by atoms with Crippen molar-refractivity contribution in [3.05, 3.63) is 65.7 Å². The molecule has 0 spiro atoms. The minimum absolute atomic E-state index is 0.0230. The number of carbonyl (C=O) groups is 3. The maximum Gasteiger partial charge on any atom is 0.292 e. The van der Waals surface area contributed by atoms with Crippen molar-refractivity contribution in [1.29, 1.82) is 0 Å². The number of nitrogens with one attached hydrogen (secondary N) is 1. The molecule has 144 valence electrons. The molecule has 2 aromatic rings. The zero-order valence-electron chi connectivity index (χ0n) is 15.9. The van der Waals surface area contributed by atoms with Gasteiger partial charge < -0.3 is 9.80 Å². The van der Waals surface area contributed by atoms with Gasteiger partial charge in [-0.1, -0.05) is 30.3 Å². The molecular formula is C22H24N3O3+. The van der Waals surface area contributed by atoms with Crippen molar-refractivity contribution in [3.8, 4) is 0 Å². The monoisotopic (exact) mass is 378 g/mol. The Balaban J connectivity index is 1.42. The van der Waals surface area contributed by atoms with E-state index >= 15 is 0 Å². The molecule has 28 heavy (non-hydrogen) atoms. The third-order valence-electron chi connectivity index (χ3n) is 5.61. The lowest BCUT2D eigenvalue weighted by molar-refractivity contribution is -0.918. The lowest BCUT2D eigenvalue weighted by atomic mass is 10.1. The second kappa shape index (κ2) is 7.56. The Bertz CT molecular complexity index is 904. The molecule has 0 saturated carbocycles. The van der Waals surface area contributed by atoms with Crippen LogP contribution in [0, 0.1) is 6.92 Å². The number of imide groups is 1. The number of amides is 3. The normalized spacial score (nSPS) is 20.7. The number of benzene rings is 2. The second-order valence-electron chi connectivity index (χ2n) is 7.48. The van der Waals surface area contributed by atoms with Crippen LogP contribution in [0.15, 0.2) is 54.6 Å². The minimum atomic E-state index is -0.359. The van der Waals surface area contributed by atoms with Gasteiger partial charge in [-0.05, 0) is 36.8 Å². The summed E-state index contributed by atoms with van der Waals surface area (Å²) in [7, 11) is 0. The van der Waals surface area contributed by atoms with E-state index in [9.17, 15) is 14.4 Å². The van der Waals surface area contributed by atoms with Crippen molar-refractivity contribution in [2.24, 2.45) is 0 Å². The van der Waals surface area contributed by atoms with Crippen molar-refractivity contribution in [2.45, 2.75) is 19.4 Å². The average molecular weight is 378 g/mol. The molecule has 3 amide bonds. The molecule has 2 fully saturated rings. The van der Waals surface area contributed by atoms with E-state index in [2.05, 4.69) is 0 Å². The number of rotatable bonds is 3. The van der Waals surface area contributed by atoms with E-state index in [0.717, 1.165) is 10.5 Å². The first-order valence-corrected chi connectivity index (χ1v) is 9.67. The maximum atomic E-state index is 13.0. The van der Waals surface area contributed by atoms with Crippen molar-refractivity contribution in [1.82, 2.24) is 4.90 Å². The Morgan fingerprint density at radius 2 is 1.71 bits per heavy atom. The molecule has 0 unspecified atom stereocenters. The van der Waals surface area contributed by atoms with E-state index in [1.807, 2.05) is 60.4 Å². The lowest BCUT2D eigenvalue weighted by Gasteiger charge is -2.34. The van der Waals surface area contributed by atoms with Crippen LogP contribution < -0.4 is 9.80 Å². The molecule has 6 heteroatoms. The number of nitrogens with zero attached hydrogens (tertiary/aromatic N) is 2. The van der Waals surface area contributed by atoms with Gasteiger partial charge in [-0.15, -0.1) is 0 Å². The van der Waals surface area contributed by atoms with Gasteiger partial charge in [0, 0.05) is 5.56 Å². The van der Waals surface area contributed by atoms with E-state index in [1.54, 1.807) is 6.07 Å². The van der Waals surface area contributed by atoms with Crippen molar-refractivity contribution >= 4 is 23.4 Å². The number of hydrogen-bond donors (Lipinski definition) is 1. The molecule has 2 saturated heterocycles. The van der Waals surface area contributed by atoms with Gasteiger partial charge in [0.05, 0.1) is 38.3 Å². The summed E-state index contributed by atoms with van der Waals surface area (Å²) in [6, 6.07) is 16.4. The molecule has 2 aliphatic heterocycles. The number of aryl methyl sites for hydroxylation is 1. The Kier molecular flexibility index (Phi) is 4.96. The predicted octanol–water partition coefficient (Wildman–Crippen LogP) is 0.668. The van der Waals surface area contributed by atoms with Gasteiger partial charge in [-0.25, -0.2) is 4.90 Å². The fraction of sp³-hybridized carbons (Fsp3) is 0.318. The highest BCUT2D eigenvalue weighted by molar-refractivity contribution is 6.21. The Labute approximate surface area is 164 Å². The van der Waals surface area contributed by atoms with E-state index in [4.69, 9.17) is 0 Å². The van der Waals surface area contributed by atoms with Gasteiger partial charge in [0.25, 0.3) is 11.8 Å². The molecule has 1 atom stereocenters. The van der Waals surface area contributed by atoms with Gasteiger partial charge in [-0.2, -0.15) is 0 Å². The van der Waals surface area contributed by atoms with E-state index in [0.29, 0.717) is 37.4 Å². The predicted molar refractivity (Wildman–Crippen MR) is 105 cm³/mol. The Morgan fingerprint density at radius 1 is 1.00 bits per heavy atom. The topological polar surface area (TPSA) is 62.1 Å². The summed E-state index contributed by atoms with van der Waals surface area (Å²) >= 11 is 0. The first kappa shape index (κ1) is 18.4. The molecule has 0 bridgehead atoms. The summed E-state index contributed by atoms with van der Waals surface area (Å²) in [5, 5.41) is 0. The summed E-state index contributed by atoms with van der Waals surface area (Å²) in [5.41, 5.74) is 2.35. The van der Waals surface area contributed by atoms with Gasteiger partial charge in [0.2, 0.25) is 5.91 Å². The van der Waals surface area contributed by atoms with Gasteiger partial charge in [0.15, 0.2) is 6.04 Å². The maximum absolute atomic E-state index is 13.0. The molecule has 0 radical (unpaired) electrons. The van der Waals surface area contributed by atoms with Crippen molar-refractivity contribution in [3.63, 3.8) is 0 Å². The zero-order valence-corrected chi connectivity index (χ0v) is 15.9. The summed E-state index contributed by atoms with van der Waals surface area (Å²) in [5.74, 6) is -0.251. The average Bonchev–Trinajstić information content (AvgIpc) is 3.02. The Morgan fingerprint density at radius 3 is 2.39 bits per heavy atom. The van der Waals surface area contributed by atoms with Gasteiger partial charge >= 0.3 is 0 Å². The molecule has 0 aliphatic carbocycles. The number of piperazine rings is 1. The van der Waals surface area contributed by atoms with E-state index in [-0.39, 0.29) is 30.2 Å². The number of anilines is 1. The number of hydrogen-bond acceptors (Lipinski definition) is 3. The van der Waals surface area contributed by atoms with Crippen LogP contribution in [0.25, 0.3) is 0 Å². The quantitative estimate of drug-likeness (QED) is 0.799. The van der Waals surface area contributed by atoms with Gasteiger partial charge in [-0.3, -0.25) is 14.4 Å². The summed E-state index contributed by atoms with van der Waals surface area (Å²) < 4.78 is 0. The third-order valence-corrected chi connectivity index (χ3v) is 5.61. The fourth-order valence-corrected chi connectivity index (χ4v) is 4.10. The van der Waals surface area contributed by atoms with Crippen LogP contribution in [0.2, 0.25) is 0 Å². The van der Waals surface area contributed by atoms with Crippen LogP contribution in [0.1, 0.15) is 22.3 Å². The first-order valence-electron chi connectivity index (χ1n) is 9.67. The second-order valence-corrected chi connectivity index (χ2v) is 7.48. The first-order chi connectivity index (χ1) is 13.5. The molecule has 2 heterocycles. The van der Waals surface area contributed by atoms with Crippen LogP contribution in [-0.4, -0.2) is 54.8 Å². The highest BCUT2D eigenvalue weighted by Crippen LogP contribution is 2.23. The van der Waals surface area contributed by atoms with Crippen LogP contribution in [0.4, 0.5) is 5.69 Å². The lowest BCUT2D eigenvalue weighted by Crippen LogP contribution is -3.19. The number of carbonyl (C=O) groups excluding carboxylic acids is 3. The third kappa shape index (κ3) is 3.43. The Hall–Kier alpha value is -2.99.